The molecule has 1 aromatic rings. The van der Waals surface area contributed by atoms with E-state index >= 15 is 0 Å². The molecule has 0 amide bonds. The monoisotopic (exact) mass is 285 g/mol. The molecular formula is C15H21F2NS. The van der Waals surface area contributed by atoms with Gasteiger partial charge in [-0.1, -0.05) is 6.07 Å². The molecule has 2 rings (SSSR count). The lowest BCUT2D eigenvalue weighted by molar-refractivity contribution is 0.343. The Morgan fingerprint density at radius 2 is 1.74 bits per heavy atom. The molecule has 0 heterocycles. The Morgan fingerprint density at radius 1 is 1.16 bits per heavy atom. The fourth-order valence-corrected chi connectivity index (χ4v) is 3.57. The zero-order valence-corrected chi connectivity index (χ0v) is 12.3. The summed E-state index contributed by atoms with van der Waals surface area (Å²) in [6, 6.07) is 4.14. The molecule has 1 nitrogen and oxygen atoms in total. The molecule has 0 radical (unpaired) electrons. The average molecular weight is 285 g/mol. The molecule has 0 aliphatic heterocycles. The van der Waals surface area contributed by atoms with Crippen molar-refractivity contribution in [3.05, 3.63) is 35.4 Å². The van der Waals surface area contributed by atoms with Gasteiger partial charge >= 0.3 is 0 Å². The van der Waals surface area contributed by atoms with Crippen LogP contribution < -0.4 is 5.32 Å². The molecule has 106 valence electrons. The van der Waals surface area contributed by atoms with E-state index < -0.39 is 11.6 Å². The van der Waals surface area contributed by atoms with Crippen LogP contribution in [0, 0.1) is 11.6 Å². The van der Waals surface area contributed by atoms with E-state index in [4.69, 9.17) is 0 Å². The van der Waals surface area contributed by atoms with Gasteiger partial charge in [0.15, 0.2) is 0 Å². The van der Waals surface area contributed by atoms with Crippen molar-refractivity contribution in [2.75, 3.05) is 6.26 Å². The van der Waals surface area contributed by atoms with Gasteiger partial charge in [0.25, 0.3) is 0 Å². The highest BCUT2D eigenvalue weighted by Crippen LogP contribution is 2.29. The van der Waals surface area contributed by atoms with E-state index in [0.29, 0.717) is 6.04 Å². The highest BCUT2D eigenvalue weighted by atomic mass is 32.2. The molecule has 1 fully saturated rings. The number of nitrogens with one attached hydrogen (secondary N) is 1. The minimum Gasteiger partial charge on any atom is -0.307 e. The maximum absolute atomic E-state index is 13.7. The molecule has 1 unspecified atom stereocenters. The van der Waals surface area contributed by atoms with Gasteiger partial charge in [-0.2, -0.15) is 11.8 Å². The first kappa shape index (κ1) is 14.8. The van der Waals surface area contributed by atoms with Crippen molar-refractivity contribution in [1.82, 2.24) is 5.32 Å². The predicted molar refractivity (Wildman–Crippen MR) is 77.5 cm³/mol. The zero-order valence-electron chi connectivity index (χ0n) is 11.5. The topological polar surface area (TPSA) is 12.0 Å². The minimum absolute atomic E-state index is 0.162. The second-order valence-electron chi connectivity index (χ2n) is 5.23. The first-order valence-corrected chi connectivity index (χ1v) is 8.13. The van der Waals surface area contributed by atoms with Gasteiger partial charge in [0.05, 0.1) is 0 Å². The highest BCUT2D eigenvalue weighted by molar-refractivity contribution is 7.99. The predicted octanol–water partition coefficient (Wildman–Crippen LogP) is 4.29. The summed E-state index contributed by atoms with van der Waals surface area (Å²) in [6.07, 6.45) is 6.70. The van der Waals surface area contributed by atoms with Crippen molar-refractivity contribution in [2.24, 2.45) is 0 Å². The maximum Gasteiger partial charge on any atom is 0.130 e. The normalized spacial score (nSPS) is 25.3. The maximum atomic E-state index is 13.7. The molecule has 0 spiro atoms. The Labute approximate surface area is 118 Å². The Bertz CT molecular complexity index is 396. The summed E-state index contributed by atoms with van der Waals surface area (Å²) in [4.78, 5) is 0. The molecule has 4 heteroatoms. The second kappa shape index (κ2) is 6.71. The van der Waals surface area contributed by atoms with E-state index in [1.165, 1.54) is 31.0 Å². The van der Waals surface area contributed by atoms with Crippen LogP contribution in [0.1, 0.15) is 44.2 Å². The SMILES string of the molecule is CSC1CCC(NC(C)c2c(F)cccc2F)CC1. The molecule has 1 aliphatic carbocycles. The minimum atomic E-state index is -0.460. The molecule has 1 N–H and O–H groups in total. The largest absolute Gasteiger partial charge is 0.307 e. The van der Waals surface area contributed by atoms with Crippen LogP contribution in [0.15, 0.2) is 18.2 Å². The number of thioether (sulfide) groups is 1. The lowest BCUT2D eigenvalue weighted by Crippen LogP contribution is -2.36. The Balaban J connectivity index is 1.96. The summed E-state index contributed by atoms with van der Waals surface area (Å²) in [5.74, 6) is -0.921. The van der Waals surface area contributed by atoms with Gasteiger partial charge < -0.3 is 5.32 Å². The molecule has 1 saturated carbocycles. The van der Waals surface area contributed by atoms with Crippen LogP contribution in [0.2, 0.25) is 0 Å². The first-order valence-electron chi connectivity index (χ1n) is 6.84. The van der Waals surface area contributed by atoms with Crippen molar-refractivity contribution >= 4 is 11.8 Å². The number of halogens is 2. The molecule has 1 aromatic carbocycles. The van der Waals surface area contributed by atoms with Gasteiger partial charge in [0, 0.05) is 22.9 Å². The quantitative estimate of drug-likeness (QED) is 0.885. The van der Waals surface area contributed by atoms with Crippen LogP contribution in [0.4, 0.5) is 8.78 Å². The van der Waals surface area contributed by atoms with Gasteiger partial charge in [0.1, 0.15) is 11.6 Å². The summed E-state index contributed by atoms with van der Waals surface area (Å²) in [5.41, 5.74) is 0.162. The van der Waals surface area contributed by atoms with Crippen LogP contribution in [0.5, 0.6) is 0 Å². The van der Waals surface area contributed by atoms with E-state index in [-0.39, 0.29) is 11.6 Å². The zero-order chi connectivity index (χ0) is 13.8. The number of hydrogen-bond donors (Lipinski definition) is 1. The standard InChI is InChI=1S/C15H21F2NS/c1-10(15-13(16)4-3-5-14(15)17)18-11-6-8-12(19-2)9-7-11/h3-5,10-12,18H,6-9H2,1-2H3. The van der Waals surface area contributed by atoms with Crippen LogP contribution in [0.25, 0.3) is 0 Å². The fraction of sp³-hybridized carbons (Fsp3) is 0.600. The molecule has 0 saturated heterocycles. The van der Waals surface area contributed by atoms with E-state index in [1.54, 1.807) is 0 Å². The van der Waals surface area contributed by atoms with E-state index in [2.05, 4.69) is 11.6 Å². The summed E-state index contributed by atoms with van der Waals surface area (Å²) in [6.45, 7) is 1.84. The Morgan fingerprint density at radius 3 is 2.26 bits per heavy atom. The third-order valence-corrected chi connectivity index (χ3v) is 5.06. The molecule has 0 aromatic heterocycles. The van der Waals surface area contributed by atoms with Crippen LogP contribution in [-0.4, -0.2) is 17.5 Å². The molecule has 1 aliphatic rings. The first-order chi connectivity index (χ1) is 9.11. The van der Waals surface area contributed by atoms with E-state index in [9.17, 15) is 8.78 Å². The smallest absolute Gasteiger partial charge is 0.130 e. The van der Waals surface area contributed by atoms with Gasteiger partial charge in [-0.25, -0.2) is 8.78 Å². The molecule has 19 heavy (non-hydrogen) atoms. The summed E-state index contributed by atoms with van der Waals surface area (Å²) in [5, 5.41) is 4.12. The average Bonchev–Trinajstić information content (AvgIpc) is 2.39. The fourth-order valence-electron chi connectivity index (χ4n) is 2.83. The van der Waals surface area contributed by atoms with Crippen molar-refractivity contribution in [1.29, 1.82) is 0 Å². The Hall–Kier alpha value is -0.610. The number of rotatable bonds is 4. The van der Waals surface area contributed by atoms with Gasteiger partial charge in [-0.15, -0.1) is 0 Å². The lowest BCUT2D eigenvalue weighted by Gasteiger charge is -2.30. The summed E-state index contributed by atoms with van der Waals surface area (Å²) < 4.78 is 27.4. The van der Waals surface area contributed by atoms with Crippen LogP contribution in [-0.2, 0) is 0 Å². The number of benzene rings is 1. The Kier molecular flexibility index (Phi) is 5.22. The van der Waals surface area contributed by atoms with E-state index in [0.717, 1.165) is 18.1 Å². The van der Waals surface area contributed by atoms with Crippen molar-refractivity contribution in [3.8, 4) is 0 Å². The van der Waals surface area contributed by atoms with Crippen molar-refractivity contribution in [2.45, 2.75) is 49.9 Å². The van der Waals surface area contributed by atoms with Gasteiger partial charge in [-0.05, 0) is 51.0 Å². The number of hydrogen-bond acceptors (Lipinski definition) is 2. The summed E-state index contributed by atoms with van der Waals surface area (Å²) in [7, 11) is 0. The highest BCUT2D eigenvalue weighted by Gasteiger charge is 2.23. The van der Waals surface area contributed by atoms with Crippen molar-refractivity contribution in [3.63, 3.8) is 0 Å². The van der Waals surface area contributed by atoms with Crippen LogP contribution >= 0.6 is 11.8 Å². The summed E-state index contributed by atoms with van der Waals surface area (Å²) >= 11 is 1.92. The van der Waals surface area contributed by atoms with Gasteiger partial charge in [-0.3, -0.25) is 0 Å². The van der Waals surface area contributed by atoms with E-state index in [1.807, 2.05) is 18.7 Å². The van der Waals surface area contributed by atoms with Gasteiger partial charge in [0.2, 0.25) is 0 Å². The third-order valence-electron chi connectivity index (χ3n) is 3.93. The third kappa shape index (κ3) is 3.69. The molecular weight excluding hydrogens is 264 g/mol. The second-order valence-corrected chi connectivity index (χ2v) is 6.37. The molecule has 1 atom stereocenters. The lowest BCUT2D eigenvalue weighted by atomic mass is 9.93. The van der Waals surface area contributed by atoms with Crippen molar-refractivity contribution < 1.29 is 8.78 Å². The van der Waals surface area contributed by atoms with Crippen LogP contribution in [0.3, 0.4) is 0 Å². The molecule has 0 bridgehead atoms.